The Bertz CT molecular complexity index is 401. The monoisotopic (exact) mass is 252 g/mol. The second-order valence-corrected chi connectivity index (χ2v) is 4.37. The van der Waals surface area contributed by atoms with Crippen molar-refractivity contribution >= 4 is 5.97 Å². The minimum absolute atomic E-state index is 0.137. The Hall–Kier alpha value is -1.71. The van der Waals surface area contributed by atoms with E-state index in [0.717, 1.165) is 12.8 Å². The Morgan fingerprint density at radius 2 is 2.17 bits per heavy atom. The summed E-state index contributed by atoms with van der Waals surface area (Å²) in [6.07, 6.45) is 2.16. The molecule has 0 aliphatic carbocycles. The molecule has 1 N–H and O–H groups in total. The highest BCUT2D eigenvalue weighted by Crippen LogP contribution is 2.25. The molecule has 1 atom stereocenters. The van der Waals surface area contributed by atoms with Gasteiger partial charge in [0.15, 0.2) is 0 Å². The van der Waals surface area contributed by atoms with Crippen LogP contribution in [0.1, 0.15) is 37.0 Å². The fourth-order valence-corrected chi connectivity index (χ4v) is 1.74. The van der Waals surface area contributed by atoms with E-state index in [9.17, 15) is 4.79 Å². The van der Waals surface area contributed by atoms with Crippen molar-refractivity contribution in [2.45, 2.75) is 26.7 Å². The molecular weight excluding hydrogens is 232 g/mol. The number of ether oxygens (including phenoxy) is 2. The molecule has 4 heteroatoms. The van der Waals surface area contributed by atoms with Crippen molar-refractivity contribution in [2.24, 2.45) is 5.92 Å². The lowest BCUT2D eigenvalue weighted by molar-refractivity contribution is 0.0690. The first-order valence-corrected chi connectivity index (χ1v) is 6.12. The van der Waals surface area contributed by atoms with Crippen LogP contribution in [-0.2, 0) is 0 Å². The lowest BCUT2D eigenvalue weighted by Gasteiger charge is -2.14. The average molecular weight is 252 g/mol. The Balaban J connectivity index is 2.78. The van der Waals surface area contributed by atoms with Crippen molar-refractivity contribution in [2.75, 3.05) is 13.7 Å². The van der Waals surface area contributed by atoms with E-state index in [4.69, 9.17) is 14.6 Å². The number of hydrogen-bond donors (Lipinski definition) is 1. The molecule has 100 valence electrons. The number of carboxylic acid groups (broad SMARTS) is 1. The second-order valence-electron chi connectivity index (χ2n) is 4.37. The van der Waals surface area contributed by atoms with E-state index in [0.29, 0.717) is 24.0 Å². The van der Waals surface area contributed by atoms with E-state index in [1.807, 2.05) is 0 Å². The fraction of sp³-hybridized carbons (Fsp3) is 0.500. The highest BCUT2D eigenvalue weighted by molar-refractivity contribution is 5.91. The number of aromatic carboxylic acids is 1. The van der Waals surface area contributed by atoms with Gasteiger partial charge < -0.3 is 14.6 Å². The van der Waals surface area contributed by atoms with Gasteiger partial charge in [0.2, 0.25) is 0 Å². The molecule has 0 bridgehead atoms. The molecule has 1 rings (SSSR count). The van der Waals surface area contributed by atoms with Gasteiger partial charge in [-0.2, -0.15) is 0 Å². The molecule has 0 fully saturated rings. The Kier molecular flexibility index (Phi) is 5.49. The van der Waals surface area contributed by atoms with Gasteiger partial charge in [-0.25, -0.2) is 4.79 Å². The SMILES string of the molecule is CCCC(C)COc1ccc(OC)cc1C(=O)O. The van der Waals surface area contributed by atoms with Crippen LogP contribution < -0.4 is 9.47 Å². The van der Waals surface area contributed by atoms with Crippen LogP contribution in [0.4, 0.5) is 0 Å². The average Bonchev–Trinajstić information content (AvgIpc) is 2.36. The third kappa shape index (κ3) is 3.95. The van der Waals surface area contributed by atoms with Gasteiger partial charge in [0.1, 0.15) is 17.1 Å². The summed E-state index contributed by atoms with van der Waals surface area (Å²) in [6.45, 7) is 4.74. The van der Waals surface area contributed by atoms with Crippen LogP contribution >= 0.6 is 0 Å². The topological polar surface area (TPSA) is 55.8 Å². The third-order valence-corrected chi connectivity index (χ3v) is 2.72. The number of benzene rings is 1. The summed E-state index contributed by atoms with van der Waals surface area (Å²) in [4.78, 5) is 11.1. The zero-order chi connectivity index (χ0) is 13.5. The zero-order valence-corrected chi connectivity index (χ0v) is 11.1. The Morgan fingerprint density at radius 3 is 2.72 bits per heavy atom. The van der Waals surface area contributed by atoms with E-state index in [1.165, 1.54) is 13.2 Å². The van der Waals surface area contributed by atoms with Gasteiger partial charge in [-0.1, -0.05) is 20.3 Å². The maximum atomic E-state index is 11.1. The standard InChI is InChI=1S/C14H20O4/c1-4-5-10(2)9-18-13-7-6-11(17-3)8-12(13)14(15)16/h6-8,10H,4-5,9H2,1-3H3,(H,15,16). The predicted octanol–water partition coefficient (Wildman–Crippen LogP) is 3.21. The second kappa shape index (κ2) is 6.89. The van der Waals surface area contributed by atoms with Crippen LogP contribution in [0.3, 0.4) is 0 Å². The fourth-order valence-electron chi connectivity index (χ4n) is 1.74. The molecule has 0 aromatic heterocycles. The largest absolute Gasteiger partial charge is 0.497 e. The molecule has 0 aliphatic rings. The van der Waals surface area contributed by atoms with E-state index in [-0.39, 0.29) is 5.56 Å². The van der Waals surface area contributed by atoms with Gasteiger partial charge in [0.25, 0.3) is 0 Å². The van der Waals surface area contributed by atoms with Gasteiger partial charge in [0, 0.05) is 0 Å². The molecule has 0 amide bonds. The van der Waals surface area contributed by atoms with Crippen LogP contribution in [0, 0.1) is 5.92 Å². The summed E-state index contributed by atoms with van der Waals surface area (Å²) in [6, 6.07) is 4.81. The lowest BCUT2D eigenvalue weighted by Crippen LogP contribution is -2.11. The van der Waals surface area contributed by atoms with E-state index < -0.39 is 5.97 Å². The molecule has 1 aromatic carbocycles. The summed E-state index contributed by atoms with van der Waals surface area (Å²) >= 11 is 0. The van der Waals surface area contributed by atoms with Crippen molar-refractivity contribution in [1.82, 2.24) is 0 Å². The molecule has 0 spiro atoms. The van der Waals surface area contributed by atoms with Crippen molar-refractivity contribution < 1.29 is 19.4 Å². The highest BCUT2D eigenvalue weighted by atomic mass is 16.5. The maximum absolute atomic E-state index is 11.1. The number of methoxy groups -OCH3 is 1. The van der Waals surface area contributed by atoms with E-state index in [1.54, 1.807) is 12.1 Å². The summed E-state index contributed by atoms with van der Waals surface area (Å²) in [5.41, 5.74) is 0.137. The normalized spacial score (nSPS) is 11.9. The minimum Gasteiger partial charge on any atom is -0.497 e. The minimum atomic E-state index is -1.01. The first-order chi connectivity index (χ1) is 8.58. The molecule has 0 aliphatic heterocycles. The summed E-state index contributed by atoms with van der Waals surface area (Å²) < 4.78 is 10.6. The van der Waals surface area contributed by atoms with Crippen molar-refractivity contribution in [1.29, 1.82) is 0 Å². The number of carboxylic acids is 1. The van der Waals surface area contributed by atoms with Gasteiger partial charge >= 0.3 is 5.97 Å². The van der Waals surface area contributed by atoms with Gasteiger partial charge in [-0.3, -0.25) is 0 Å². The third-order valence-electron chi connectivity index (χ3n) is 2.72. The maximum Gasteiger partial charge on any atom is 0.339 e. The smallest absolute Gasteiger partial charge is 0.339 e. The molecule has 0 saturated carbocycles. The molecule has 1 unspecified atom stereocenters. The van der Waals surface area contributed by atoms with Crippen LogP contribution in [0.2, 0.25) is 0 Å². The predicted molar refractivity (Wildman–Crippen MR) is 69.5 cm³/mol. The molecule has 18 heavy (non-hydrogen) atoms. The zero-order valence-electron chi connectivity index (χ0n) is 11.1. The van der Waals surface area contributed by atoms with Crippen molar-refractivity contribution in [3.05, 3.63) is 23.8 Å². The first kappa shape index (κ1) is 14.4. The molecule has 0 heterocycles. The highest BCUT2D eigenvalue weighted by Gasteiger charge is 2.13. The lowest BCUT2D eigenvalue weighted by atomic mass is 10.1. The van der Waals surface area contributed by atoms with Gasteiger partial charge in [-0.15, -0.1) is 0 Å². The summed E-state index contributed by atoms with van der Waals surface area (Å²) in [5, 5.41) is 9.12. The van der Waals surface area contributed by atoms with Crippen LogP contribution in [0.5, 0.6) is 11.5 Å². The van der Waals surface area contributed by atoms with Gasteiger partial charge in [-0.05, 0) is 30.5 Å². The van der Waals surface area contributed by atoms with Crippen LogP contribution in [-0.4, -0.2) is 24.8 Å². The molecular formula is C14H20O4. The van der Waals surface area contributed by atoms with Crippen LogP contribution in [0.15, 0.2) is 18.2 Å². The van der Waals surface area contributed by atoms with Crippen molar-refractivity contribution in [3.8, 4) is 11.5 Å². The number of hydrogen-bond acceptors (Lipinski definition) is 3. The first-order valence-electron chi connectivity index (χ1n) is 6.12. The van der Waals surface area contributed by atoms with Gasteiger partial charge in [0.05, 0.1) is 13.7 Å². The quantitative estimate of drug-likeness (QED) is 0.809. The van der Waals surface area contributed by atoms with Crippen molar-refractivity contribution in [3.63, 3.8) is 0 Å². The molecule has 1 aromatic rings. The molecule has 0 radical (unpaired) electrons. The summed E-state index contributed by atoms with van der Waals surface area (Å²) in [5.74, 6) is 0.318. The Labute approximate surface area is 108 Å². The summed E-state index contributed by atoms with van der Waals surface area (Å²) in [7, 11) is 1.50. The molecule has 0 saturated heterocycles. The Morgan fingerprint density at radius 1 is 1.44 bits per heavy atom. The van der Waals surface area contributed by atoms with E-state index >= 15 is 0 Å². The van der Waals surface area contributed by atoms with Crippen LogP contribution in [0.25, 0.3) is 0 Å². The molecule has 4 nitrogen and oxygen atoms in total. The van der Waals surface area contributed by atoms with E-state index in [2.05, 4.69) is 13.8 Å². The number of rotatable bonds is 7. The number of carbonyl (C=O) groups is 1.